The second-order valence-electron chi connectivity index (χ2n) is 9.13. The molecule has 1 aliphatic carbocycles. The van der Waals surface area contributed by atoms with Gasteiger partial charge >= 0.3 is 0 Å². The number of aliphatic hydroxyl groups excluding tert-OH is 1. The summed E-state index contributed by atoms with van der Waals surface area (Å²) >= 11 is 0. The Bertz CT molecular complexity index is 1020. The Morgan fingerprint density at radius 2 is 1.53 bits per heavy atom. The molecule has 6 N–H and O–H groups in total. The van der Waals surface area contributed by atoms with Gasteiger partial charge in [-0.05, 0) is 58.1 Å². The van der Waals surface area contributed by atoms with Gasteiger partial charge in [0.05, 0.1) is 6.54 Å². The predicted octanol–water partition coefficient (Wildman–Crippen LogP) is 5.74. The van der Waals surface area contributed by atoms with Crippen LogP contribution in [0.2, 0.25) is 0 Å². The normalized spacial score (nSPS) is 13.0. The zero-order valence-electron chi connectivity index (χ0n) is 22.7. The smallest absolute Gasteiger partial charge is 0.236 e. The van der Waals surface area contributed by atoms with Crippen LogP contribution in [0.3, 0.4) is 0 Å². The summed E-state index contributed by atoms with van der Waals surface area (Å²) in [6, 6.07) is 20.6. The van der Waals surface area contributed by atoms with Crippen LogP contribution in [0.15, 0.2) is 108 Å². The van der Waals surface area contributed by atoms with Crippen LogP contribution < -0.4 is 16.8 Å². The highest BCUT2D eigenvalue weighted by molar-refractivity contribution is 5.83. The molecule has 1 aliphatic rings. The standard InChI is InChI=1S/C18H27N3O3.2C7H8/c19-15(12-14-6-5-8-16(22)11-10-14)7-3-1-2-4-9-18(24)21-13-17(20)23;2*1-7-5-3-2-4-6-7/h1-2,5,8,10-11,15,22H,3-4,6-7,9,12-13,19H2,(H2,20,23)(H,21,24);2*2-6H,1H3/b2-1+;;. The number of hydrogen-bond donors (Lipinski definition) is 4. The summed E-state index contributed by atoms with van der Waals surface area (Å²) in [5, 5.41) is 11.8. The summed E-state index contributed by atoms with van der Waals surface area (Å²) in [5.41, 5.74) is 14.9. The van der Waals surface area contributed by atoms with Crippen LogP contribution in [0.4, 0.5) is 0 Å². The molecule has 2 aromatic carbocycles. The Balaban J connectivity index is 0.000000412. The molecule has 0 radical (unpaired) electrons. The van der Waals surface area contributed by atoms with E-state index in [0.717, 1.165) is 25.7 Å². The molecule has 1 unspecified atom stereocenters. The number of carbonyl (C=O) groups excluding carboxylic acids is 2. The van der Waals surface area contributed by atoms with Gasteiger partial charge in [0.25, 0.3) is 0 Å². The monoisotopic (exact) mass is 517 g/mol. The molecular formula is C32H43N3O3. The molecule has 0 spiro atoms. The number of amides is 2. The fraction of sp³-hybridized carbons (Fsp3) is 0.312. The van der Waals surface area contributed by atoms with Gasteiger partial charge in [0.1, 0.15) is 5.76 Å². The topological polar surface area (TPSA) is 118 Å². The van der Waals surface area contributed by atoms with Crippen molar-refractivity contribution in [3.8, 4) is 0 Å². The minimum Gasteiger partial charge on any atom is -0.508 e. The maximum absolute atomic E-state index is 11.4. The maximum atomic E-state index is 11.4. The minimum absolute atomic E-state index is 0.0711. The molecule has 204 valence electrons. The third-order valence-corrected chi connectivity index (χ3v) is 5.43. The summed E-state index contributed by atoms with van der Waals surface area (Å²) in [6.45, 7) is 4.05. The highest BCUT2D eigenvalue weighted by Gasteiger charge is 2.06. The van der Waals surface area contributed by atoms with Crippen molar-refractivity contribution < 1.29 is 14.7 Å². The third kappa shape index (κ3) is 18.4. The third-order valence-electron chi connectivity index (χ3n) is 5.43. The molecule has 2 amide bonds. The molecule has 0 heterocycles. The zero-order valence-corrected chi connectivity index (χ0v) is 22.7. The van der Waals surface area contributed by atoms with Crippen molar-refractivity contribution in [3.63, 3.8) is 0 Å². The van der Waals surface area contributed by atoms with Crippen molar-refractivity contribution in [3.05, 3.63) is 120 Å². The van der Waals surface area contributed by atoms with Gasteiger partial charge in [-0.15, -0.1) is 0 Å². The Morgan fingerprint density at radius 1 is 0.947 bits per heavy atom. The first-order chi connectivity index (χ1) is 18.3. The van der Waals surface area contributed by atoms with E-state index in [4.69, 9.17) is 11.5 Å². The van der Waals surface area contributed by atoms with Crippen LogP contribution in [0.5, 0.6) is 0 Å². The first-order valence-electron chi connectivity index (χ1n) is 13.0. The van der Waals surface area contributed by atoms with Crippen LogP contribution >= 0.6 is 0 Å². The maximum Gasteiger partial charge on any atom is 0.236 e. The first-order valence-corrected chi connectivity index (χ1v) is 13.0. The Morgan fingerprint density at radius 3 is 2.05 bits per heavy atom. The SMILES string of the molecule is Cc1ccccc1.Cc1ccccc1.NC(=O)CNC(=O)CC/C=C/CCC(N)CC1=CC=C(O)C=CC1. The largest absolute Gasteiger partial charge is 0.508 e. The van der Waals surface area contributed by atoms with Crippen molar-refractivity contribution in [2.75, 3.05) is 6.54 Å². The molecule has 0 saturated heterocycles. The quantitative estimate of drug-likeness (QED) is 0.301. The lowest BCUT2D eigenvalue weighted by atomic mass is 10.00. The molecule has 3 rings (SSSR count). The molecule has 2 aromatic rings. The fourth-order valence-electron chi connectivity index (χ4n) is 3.35. The van der Waals surface area contributed by atoms with Crippen LogP contribution in [0.1, 0.15) is 49.7 Å². The lowest BCUT2D eigenvalue weighted by Gasteiger charge is -2.11. The van der Waals surface area contributed by atoms with Crippen molar-refractivity contribution >= 4 is 11.8 Å². The van der Waals surface area contributed by atoms with E-state index in [1.807, 2.05) is 60.7 Å². The molecular weight excluding hydrogens is 474 g/mol. The van der Waals surface area contributed by atoms with E-state index < -0.39 is 5.91 Å². The summed E-state index contributed by atoms with van der Waals surface area (Å²) in [7, 11) is 0. The van der Waals surface area contributed by atoms with Crippen LogP contribution in [-0.2, 0) is 9.59 Å². The van der Waals surface area contributed by atoms with Gasteiger partial charge < -0.3 is 21.9 Å². The fourth-order valence-corrected chi connectivity index (χ4v) is 3.35. The number of primary amides is 1. The van der Waals surface area contributed by atoms with E-state index in [9.17, 15) is 14.7 Å². The van der Waals surface area contributed by atoms with E-state index in [1.54, 1.807) is 12.2 Å². The Hall–Kier alpha value is -3.90. The van der Waals surface area contributed by atoms with E-state index in [-0.39, 0.29) is 24.3 Å². The number of nitrogens with two attached hydrogens (primary N) is 2. The summed E-state index contributed by atoms with van der Waals surface area (Å²) in [5.74, 6) is -0.459. The average molecular weight is 518 g/mol. The molecule has 1 atom stereocenters. The predicted molar refractivity (Wildman–Crippen MR) is 157 cm³/mol. The first kappa shape index (κ1) is 32.1. The van der Waals surface area contributed by atoms with E-state index in [0.29, 0.717) is 12.8 Å². The van der Waals surface area contributed by atoms with Crippen molar-refractivity contribution in [2.24, 2.45) is 11.5 Å². The highest BCUT2D eigenvalue weighted by atomic mass is 16.3. The molecule has 0 aliphatic heterocycles. The van der Waals surface area contributed by atoms with Crippen molar-refractivity contribution in [1.29, 1.82) is 0 Å². The van der Waals surface area contributed by atoms with Gasteiger partial charge in [0.15, 0.2) is 0 Å². The molecule has 0 saturated carbocycles. The lowest BCUT2D eigenvalue weighted by Crippen LogP contribution is -2.32. The summed E-state index contributed by atoms with van der Waals surface area (Å²) in [6.07, 6.45) is 15.5. The zero-order chi connectivity index (χ0) is 28.0. The highest BCUT2D eigenvalue weighted by Crippen LogP contribution is 2.16. The molecule has 0 fully saturated rings. The van der Waals surface area contributed by atoms with Gasteiger partial charge in [-0.1, -0.05) is 102 Å². The number of benzene rings is 2. The van der Waals surface area contributed by atoms with Gasteiger partial charge in [0.2, 0.25) is 11.8 Å². The van der Waals surface area contributed by atoms with Crippen molar-refractivity contribution in [1.82, 2.24) is 5.32 Å². The molecule has 38 heavy (non-hydrogen) atoms. The summed E-state index contributed by atoms with van der Waals surface area (Å²) < 4.78 is 0. The van der Waals surface area contributed by atoms with E-state index >= 15 is 0 Å². The van der Waals surface area contributed by atoms with E-state index in [1.165, 1.54) is 16.7 Å². The lowest BCUT2D eigenvalue weighted by molar-refractivity contribution is -0.124. The van der Waals surface area contributed by atoms with Gasteiger partial charge in [-0.2, -0.15) is 0 Å². The summed E-state index contributed by atoms with van der Waals surface area (Å²) in [4.78, 5) is 21.9. The number of allylic oxidation sites excluding steroid dienone is 6. The second kappa shape index (κ2) is 20.2. The number of carbonyl (C=O) groups is 2. The number of hydrogen-bond acceptors (Lipinski definition) is 4. The minimum atomic E-state index is -0.544. The molecule has 0 aromatic heterocycles. The van der Waals surface area contributed by atoms with Gasteiger partial charge in [0, 0.05) is 12.5 Å². The van der Waals surface area contributed by atoms with Crippen LogP contribution in [0.25, 0.3) is 0 Å². The number of rotatable bonds is 10. The van der Waals surface area contributed by atoms with Crippen LogP contribution in [0, 0.1) is 13.8 Å². The average Bonchev–Trinajstić information content (AvgIpc) is 3.10. The molecule has 6 heteroatoms. The van der Waals surface area contributed by atoms with Crippen LogP contribution in [-0.4, -0.2) is 29.5 Å². The number of aryl methyl sites for hydroxylation is 2. The Labute approximate surface area is 227 Å². The van der Waals surface area contributed by atoms with Gasteiger partial charge in [-0.25, -0.2) is 0 Å². The number of aliphatic hydroxyl groups is 1. The molecule has 0 bridgehead atoms. The Kier molecular flexibility index (Phi) is 17.1. The van der Waals surface area contributed by atoms with Gasteiger partial charge in [-0.3, -0.25) is 9.59 Å². The number of nitrogens with one attached hydrogen (secondary N) is 1. The van der Waals surface area contributed by atoms with E-state index in [2.05, 4.69) is 43.4 Å². The van der Waals surface area contributed by atoms with Crippen molar-refractivity contribution in [2.45, 2.75) is 58.4 Å². The second-order valence-corrected chi connectivity index (χ2v) is 9.13. The molecule has 6 nitrogen and oxygen atoms in total.